The Morgan fingerprint density at radius 2 is 1.90 bits per heavy atom. The maximum atomic E-state index is 12.4. The van der Waals surface area contributed by atoms with Gasteiger partial charge >= 0.3 is 5.97 Å². The molecule has 1 amide bonds. The molecular formula is C13H22N2O5S. The lowest BCUT2D eigenvalue weighted by molar-refractivity contribution is -0.149. The molecule has 0 bridgehead atoms. The van der Waals surface area contributed by atoms with E-state index < -0.39 is 27.9 Å². The van der Waals surface area contributed by atoms with Crippen LogP contribution >= 0.6 is 0 Å². The first kappa shape index (κ1) is 16.2. The maximum absolute atomic E-state index is 12.4. The van der Waals surface area contributed by atoms with Crippen LogP contribution in [0.2, 0.25) is 0 Å². The lowest BCUT2D eigenvalue weighted by Gasteiger charge is -2.33. The Hall–Kier alpha value is -1.15. The van der Waals surface area contributed by atoms with Crippen molar-refractivity contribution in [3.8, 4) is 0 Å². The van der Waals surface area contributed by atoms with E-state index in [1.54, 1.807) is 0 Å². The summed E-state index contributed by atoms with van der Waals surface area (Å²) in [6, 6.07) is -0.876. The number of rotatable bonds is 4. The van der Waals surface area contributed by atoms with Gasteiger partial charge in [-0.2, -0.15) is 4.31 Å². The molecule has 1 N–H and O–H groups in total. The average molecular weight is 318 g/mol. The number of amides is 1. The van der Waals surface area contributed by atoms with E-state index in [4.69, 9.17) is 0 Å². The van der Waals surface area contributed by atoms with Gasteiger partial charge in [0.25, 0.3) is 0 Å². The van der Waals surface area contributed by atoms with Crippen molar-refractivity contribution in [2.45, 2.75) is 44.2 Å². The molecule has 3 atom stereocenters. The number of carboxylic acid groups (broad SMARTS) is 1. The zero-order valence-corrected chi connectivity index (χ0v) is 13.2. The number of nitrogens with zero attached hydrogens (tertiary/aromatic N) is 2. The molecule has 2 aliphatic rings. The molecule has 1 saturated heterocycles. The molecule has 2 fully saturated rings. The van der Waals surface area contributed by atoms with Gasteiger partial charge in [-0.1, -0.05) is 12.8 Å². The third-order valence-electron chi connectivity index (χ3n) is 4.59. The van der Waals surface area contributed by atoms with Gasteiger partial charge < -0.3 is 10.0 Å². The van der Waals surface area contributed by atoms with Crippen LogP contribution in [0.1, 0.15) is 32.1 Å². The molecule has 0 aromatic rings. The molecule has 1 aliphatic carbocycles. The molecule has 120 valence electrons. The fraction of sp³-hybridized carbons (Fsp3) is 0.846. The summed E-state index contributed by atoms with van der Waals surface area (Å²) in [5.41, 5.74) is 0. The second kappa shape index (κ2) is 5.92. The van der Waals surface area contributed by atoms with Gasteiger partial charge in [0.05, 0.1) is 12.8 Å². The Labute approximate surface area is 125 Å². The summed E-state index contributed by atoms with van der Waals surface area (Å²) in [5.74, 6) is -1.18. The lowest BCUT2D eigenvalue weighted by Crippen LogP contribution is -2.50. The first-order chi connectivity index (χ1) is 9.71. The fourth-order valence-electron chi connectivity index (χ4n) is 3.43. The van der Waals surface area contributed by atoms with Crippen molar-refractivity contribution in [3.63, 3.8) is 0 Å². The average Bonchev–Trinajstić information content (AvgIpc) is 2.76. The van der Waals surface area contributed by atoms with Crippen LogP contribution in [0.4, 0.5) is 0 Å². The Morgan fingerprint density at radius 3 is 2.48 bits per heavy atom. The highest BCUT2D eigenvalue weighted by Crippen LogP contribution is 2.39. The van der Waals surface area contributed by atoms with E-state index in [0.717, 1.165) is 36.2 Å². The molecule has 0 spiro atoms. The van der Waals surface area contributed by atoms with Crippen molar-refractivity contribution in [1.29, 1.82) is 0 Å². The van der Waals surface area contributed by atoms with Gasteiger partial charge in [0.1, 0.15) is 6.04 Å². The fourth-order valence-corrected chi connectivity index (χ4v) is 3.77. The van der Waals surface area contributed by atoms with Crippen molar-refractivity contribution in [2.75, 3.05) is 19.8 Å². The number of hydrogen-bond donors (Lipinski definition) is 1. The van der Waals surface area contributed by atoms with Crippen LogP contribution in [-0.4, -0.2) is 66.5 Å². The van der Waals surface area contributed by atoms with Gasteiger partial charge in [-0.25, -0.2) is 13.2 Å². The molecule has 7 nitrogen and oxygen atoms in total. The van der Waals surface area contributed by atoms with E-state index in [-0.39, 0.29) is 18.5 Å². The van der Waals surface area contributed by atoms with Crippen molar-refractivity contribution in [1.82, 2.24) is 9.21 Å². The molecule has 21 heavy (non-hydrogen) atoms. The predicted molar refractivity (Wildman–Crippen MR) is 76.1 cm³/mol. The van der Waals surface area contributed by atoms with Gasteiger partial charge in [-0.05, 0) is 25.2 Å². The Bertz CT molecular complexity index is 533. The molecule has 0 radical (unpaired) electrons. The van der Waals surface area contributed by atoms with Crippen LogP contribution in [-0.2, 0) is 19.6 Å². The van der Waals surface area contributed by atoms with Gasteiger partial charge in [-0.15, -0.1) is 0 Å². The van der Waals surface area contributed by atoms with Crippen molar-refractivity contribution in [3.05, 3.63) is 0 Å². The standard InChI is InChI=1S/C13H22N2O5S/c1-14(21(2,19)20)8-12(16)15-10-6-4-3-5-9(10)7-11(15)13(17)18/h9-11H,3-8H2,1-2H3,(H,17,18)/t9-,10+,11-/m0/s1. The highest BCUT2D eigenvalue weighted by Gasteiger charge is 2.47. The maximum Gasteiger partial charge on any atom is 0.326 e. The quantitative estimate of drug-likeness (QED) is 0.794. The summed E-state index contributed by atoms with van der Waals surface area (Å²) in [7, 11) is -2.13. The zero-order chi connectivity index (χ0) is 15.8. The van der Waals surface area contributed by atoms with Crippen molar-refractivity contribution in [2.24, 2.45) is 5.92 Å². The molecule has 0 unspecified atom stereocenters. The normalized spacial score (nSPS) is 29.5. The number of likely N-dealkylation sites (tertiary alicyclic amines) is 1. The van der Waals surface area contributed by atoms with E-state index in [1.807, 2.05) is 0 Å². The van der Waals surface area contributed by atoms with Gasteiger partial charge in [0.2, 0.25) is 15.9 Å². The molecule has 0 aromatic heterocycles. The zero-order valence-electron chi connectivity index (χ0n) is 12.4. The highest BCUT2D eigenvalue weighted by molar-refractivity contribution is 7.88. The van der Waals surface area contributed by atoms with Gasteiger partial charge in [0, 0.05) is 13.1 Å². The number of likely N-dealkylation sites (N-methyl/N-ethyl adjacent to an activating group) is 1. The van der Waals surface area contributed by atoms with Crippen LogP contribution in [0, 0.1) is 5.92 Å². The molecule has 1 aliphatic heterocycles. The smallest absolute Gasteiger partial charge is 0.326 e. The van der Waals surface area contributed by atoms with Gasteiger partial charge in [-0.3, -0.25) is 4.79 Å². The van der Waals surface area contributed by atoms with E-state index >= 15 is 0 Å². The van der Waals surface area contributed by atoms with Crippen LogP contribution in [0.15, 0.2) is 0 Å². The lowest BCUT2D eigenvalue weighted by atomic mass is 9.85. The largest absolute Gasteiger partial charge is 0.480 e. The number of sulfonamides is 1. The van der Waals surface area contributed by atoms with E-state index in [0.29, 0.717) is 6.42 Å². The Balaban J connectivity index is 2.17. The predicted octanol–water partition coefficient (Wildman–Crippen LogP) is 0.122. The third kappa shape index (κ3) is 3.37. The van der Waals surface area contributed by atoms with Crippen LogP contribution < -0.4 is 0 Å². The minimum Gasteiger partial charge on any atom is -0.480 e. The van der Waals surface area contributed by atoms with Crippen molar-refractivity contribution >= 4 is 21.9 Å². The number of aliphatic carboxylic acids is 1. The van der Waals surface area contributed by atoms with Crippen LogP contribution in [0.3, 0.4) is 0 Å². The summed E-state index contributed by atoms with van der Waals surface area (Å²) >= 11 is 0. The van der Waals surface area contributed by atoms with Crippen LogP contribution in [0.5, 0.6) is 0 Å². The molecule has 1 saturated carbocycles. The summed E-state index contributed by atoms with van der Waals surface area (Å²) < 4.78 is 23.8. The third-order valence-corrected chi connectivity index (χ3v) is 5.85. The number of fused-ring (bicyclic) bond motifs is 1. The Morgan fingerprint density at radius 1 is 1.29 bits per heavy atom. The van der Waals surface area contributed by atoms with E-state index in [9.17, 15) is 23.1 Å². The Kier molecular flexibility index (Phi) is 4.57. The van der Waals surface area contributed by atoms with Crippen LogP contribution in [0.25, 0.3) is 0 Å². The number of carbonyl (C=O) groups excluding carboxylic acids is 1. The van der Waals surface area contributed by atoms with E-state index in [2.05, 4.69) is 0 Å². The molecule has 2 rings (SSSR count). The topological polar surface area (TPSA) is 95.0 Å². The minimum atomic E-state index is -3.46. The second-order valence-electron chi connectivity index (χ2n) is 6.02. The molecule has 0 aromatic carbocycles. The summed E-state index contributed by atoms with van der Waals surface area (Å²) in [6.45, 7) is -0.300. The first-order valence-corrected chi connectivity index (χ1v) is 9.02. The first-order valence-electron chi connectivity index (χ1n) is 7.17. The summed E-state index contributed by atoms with van der Waals surface area (Å²) in [4.78, 5) is 25.3. The summed E-state index contributed by atoms with van der Waals surface area (Å²) in [5, 5.41) is 9.35. The molecule has 8 heteroatoms. The summed E-state index contributed by atoms with van der Waals surface area (Å²) in [6.07, 6.45) is 5.32. The van der Waals surface area contributed by atoms with Gasteiger partial charge in [0.15, 0.2) is 0 Å². The van der Waals surface area contributed by atoms with E-state index in [1.165, 1.54) is 11.9 Å². The molecule has 1 heterocycles. The number of carbonyl (C=O) groups is 2. The SMILES string of the molecule is CN(CC(=O)N1[C@@H]2CCCC[C@H]2C[C@H]1C(=O)O)S(C)(=O)=O. The number of carboxylic acids is 1. The second-order valence-corrected chi connectivity index (χ2v) is 8.11. The minimum absolute atomic E-state index is 0.0553. The van der Waals surface area contributed by atoms with Crippen molar-refractivity contribution < 1.29 is 23.1 Å². The highest BCUT2D eigenvalue weighted by atomic mass is 32.2. The number of hydrogen-bond acceptors (Lipinski definition) is 4. The molecular weight excluding hydrogens is 296 g/mol. The monoisotopic (exact) mass is 318 g/mol.